The van der Waals surface area contributed by atoms with Gasteiger partial charge in [-0.3, -0.25) is 0 Å². The molecule has 0 saturated carbocycles. The molecule has 0 unspecified atom stereocenters. The highest BCUT2D eigenvalue weighted by molar-refractivity contribution is 14.2. The number of aromatic nitrogens is 3. The fourth-order valence-electron chi connectivity index (χ4n) is 1.28. The molecular weight excluding hydrogens is 476 g/mol. The summed E-state index contributed by atoms with van der Waals surface area (Å²) in [7, 11) is 0. The molecule has 0 aliphatic heterocycles. The maximum atomic E-state index is 9.30. The summed E-state index contributed by atoms with van der Waals surface area (Å²) in [6.07, 6.45) is 0. The highest BCUT2D eigenvalue weighted by atomic mass is 127. The Labute approximate surface area is 137 Å². The standard InChI is InChI=1S/C11H13I2N3O3/c1-10(2,5-17)7-4-6(19-16-7)8-14-15-9(18-8)11(3,12)13/h4,17H,5H2,1-3H3. The van der Waals surface area contributed by atoms with Crippen molar-refractivity contribution in [2.24, 2.45) is 0 Å². The van der Waals surface area contributed by atoms with E-state index in [-0.39, 0.29) is 8.04 Å². The number of rotatable bonds is 4. The Morgan fingerprint density at radius 1 is 1.26 bits per heavy atom. The first-order chi connectivity index (χ1) is 8.74. The van der Waals surface area contributed by atoms with Gasteiger partial charge in [0, 0.05) is 11.5 Å². The largest absolute Gasteiger partial charge is 0.416 e. The van der Waals surface area contributed by atoms with Crippen LogP contribution in [-0.4, -0.2) is 27.1 Å². The summed E-state index contributed by atoms with van der Waals surface area (Å²) in [4.78, 5) is 0. The van der Waals surface area contributed by atoms with Crippen molar-refractivity contribution in [1.29, 1.82) is 0 Å². The zero-order chi connectivity index (χ0) is 14.3. The monoisotopic (exact) mass is 489 g/mol. The second-order valence-corrected chi connectivity index (χ2v) is 11.3. The molecule has 104 valence electrons. The molecule has 2 aromatic heterocycles. The molecule has 1 N–H and O–H groups in total. The summed E-state index contributed by atoms with van der Waals surface area (Å²) in [5, 5.41) is 21.2. The minimum absolute atomic E-state index is 0.0202. The van der Waals surface area contributed by atoms with Crippen LogP contribution in [0.3, 0.4) is 0 Å². The van der Waals surface area contributed by atoms with Crippen molar-refractivity contribution >= 4 is 45.2 Å². The van der Waals surface area contributed by atoms with E-state index < -0.39 is 5.41 Å². The van der Waals surface area contributed by atoms with Crippen LogP contribution < -0.4 is 0 Å². The Morgan fingerprint density at radius 3 is 2.47 bits per heavy atom. The molecule has 0 amide bonds. The molecule has 8 heteroatoms. The lowest BCUT2D eigenvalue weighted by Crippen LogP contribution is -2.22. The van der Waals surface area contributed by atoms with Crippen molar-refractivity contribution in [2.45, 2.75) is 27.6 Å². The summed E-state index contributed by atoms with van der Waals surface area (Å²) in [5.41, 5.74) is 0.183. The van der Waals surface area contributed by atoms with Gasteiger partial charge in [-0.15, -0.1) is 10.2 Å². The first-order valence-corrected chi connectivity index (χ1v) is 7.70. The van der Waals surface area contributed by atoms with Crippen LogP contribution in [0.2, 0.25) is 0 Å². The molecule has 2 aromatic rings. The smallest absolute Gasteiger partial charge is 0.286 e. The summed E-state index contributed by atoms with van der Waals surface area (Å²) in [6, 6.07) is 1.71. The number of nitrogens with zero attached hydrogens (tertiary/aromatic N) is 3. The fraction of sp³-hybridized carbons (Fsp3) is 0.545. The normalized spacial score (nSPS) is 12.9. The highest BCUT2D eigenvalue weighted by Gasteiger charge is 2.29. The number of hydrogen-bond acceptors (Lipinski definition) is 6. The van der Waals surface area contributed by atoms with Crippen molar-refractivity contribution in [3.8, 4) is 11.7 Å². The van der Waals surface area contributed by atoms with Crippen molar-refractivity contribution in [2.75, 3.05) is 6.61 Å². The lowest BCUT2D eigenvalue weighted by Gasteiger charge is -2.16. The molecule has 2 heterocycles. The number of halogens is 2. The molecule has 0 bridgehead atoms. The lowest BCUT2D eigenvalue weighted by molar-refractivity contribution is 0.210. The molecule has 0 fully saturated rings. The van der Waals surface area contributed by atoms with Gasteiger partial charge in [-0.2, -0.15) is 0 Å². The van der Waals surface area contributed by atoms with E-state index in [0.717, 1.165) is 0 Å². The molecule has 6 nitrogen and oxygen atoms in total. The minimum Gasteiger partial charge on any atom is -0.416 e. The van der Waals surface area contributed by atoms with E-state index in [0.29, 0.717) is 23.2 Å². The van der Waals surface area contributed by atoms with Gasteiger partial charge in [0.2, 0.25) is 11.7 Å². The summed E-state index contributed by atoms with van der Waals surface area (Å²) < 4.78 is 10.5. The van der Waals surface area contributed by atoms with E-state index in [4.69, 9.17) is 8.94 Å². The van der Waals surface area contributed by atoms with E-state index in [9.17, 15) is 5.11 Å². The fourth-order valence-corrected chi connectivity index (χ4v) is 1.71. The number of alkyl halides is 2. The quantitative estimate of drug-likeness (QED) is 0.526. The zero-order valence-corrected chi connectivity index (χ0v) is 15.0. The topological polar surface area (TPSA) is 85.2 Å². The minimum atomic E-state index is -0.467. The molecule has 19 heavy (non-hydrogen) atoms. The van der Waals surface area contributed by atoms with Gasteiger partial charge < -0.3 is 14.0 Å². The van der Waals surface area contributed by atoms with E-state index in [2.05, 4.69) is 60.5 Å². The van der Waals surface area contributed by atoms with E-state index in [1.165, 1.54) is 0 Å². The third-order valence-corrected chi connectivity index (χ3v) is 3.53. The maximum absolute atomic E-state index is 9.30. The van der Waals surface area contributed by atoms with Crippen LogP contribution in [0.1, 0.15) is 32.4 Å². The highest BCUT2D eigenvalue weighted by Crippen LogP contribution is 2.38. The van der Waals surface area contributed by atoms with Crippen LogP contribution in [0.4, 0.5) is 0 Å². The Hall–Kier alpha value is -0.230. The van der Waals surface area contributed by atoms with Crippen molar-refractivity contribution < 1.29 is 14.0 Å². The van der Waals surface area contributed by atoms with Crippen LogP contribution >= 0.6 is 45.2 Å². The first-order valence-electron chi connectivity index (χ1n) is 5.54. The maximum Gasteiger partial charge on any atom is 0.286 e. The third-order valence-electron chi connectivity index (χ3n) is 2.61. The Balaban J connectivity index is 2.31. The summed E-state index contributed by atoms with van der Waals surface area (Å²) in [5.74, 6) is 1.22. The van der Waals surface area contributed by atoms with Crippen molar-refractivity contribution in [3.05, 3.63) is 17.7 Å². The second-order valence-electron chi connectivity index (χ2n) is 4.92. The van der Waals surface area contributed by atoms with Crippen LogP contribution in [0.5, 0.6) is 0 Å². The van der Waals surface area contributed by atoms with Crippen LogP contribution in [0.25, 0.3) is 11.7 Å². The average Bonchev–Trinajstić information content (AvgIpc) is 2.96. The molecule has 0 saturated heterocycles. The van der Waals surface area contributed by atoms with E-state index >= 15 is 0 Å². The first kappa shape index (κ1) is 15.2. The molecule has 0 aromatic carbocycles. The molecule has 0 aliphatic rings. The number of aliphatic hydroxyl groups is 1. The predicted octanol–water partition coefficient (Wildman–Crippen LogP) is 3.04. The number of aliphatic hydroxyl groups excluding tert-OH is 1. The van der Waals surface area contributed by atoms with Gasteiger partial charge in [0.05, 0.1) is 12.3 Å². The second kappa shape index (κ2) is 5.28. The van der Waals surface area contributed by atoms with Gasteiger partial charge in [-0.25, -0.2) is 0 Å². The lowest BCUT2D eigenvalue weighted by atomic mass is 9.90. The third kappa shape index (κ3) is 3.27. The van der Waals surface area contributed by atoms with E-state index in [1.54, 1.807) is 6.07 Å². The molecule has 2 rings (SSSR count). The molecule has 0 atom stereocenters. The molecular formula is C11H13I2N3O3. The Kier molecular flexibility index (Phi) is 4.21. The van der Waals surface area contributed by atoms with Gasteiger partial charge in [-0.1, -0.05) is 64.2 Å². The van der Waals surface area contributed by atoms with Crippen LogP contribution in [0.15, 0.2) is 15.0 Å². The van der Waals surface area contributed by atoms with Crippen molar-refractivity contribution in [3.63, 3.8) is 0 Å². The SMILES string of the molecule is CC(I)(I)c1nnc(-c2cc(C(C)(C)CO)no2)o1. The predicted molar refractivity (Wildman–Crippen MR) is 85.3 cm³/mol. The van der Waals surface area contributed by atoms with Gasteiger partial charge in [-0.05, 0) is 6.92 Å². The van der Waals surface area contributed by atoms with Gasteiger partial charge in [0.15, 0.2) is 0 Å². The average molecular weight is 489 g/mol. The van der Waals surface area contributed by atoms with Crippen LogP contribution in [0, 0.1) is 0 Å². The van der Waals surface area contributed by atoms with Gasteiger partial charge in [0.1, 0.15) is 1.43 Å². The van der Waals surface area contributed by atoms with Gasteiger partial charge >= 0.3 is 0 Å². The van der Waals surface area contributed by atoms with E-state index in [1.807, 2.05) is 20.8 Å². The summed E-state index contributed by atoms with van der Waals surface area (Å²) in [6.45, 7) is 5.70. The van der Waals surface area contributed by atoms with Crippen molar-refractivity contribution in [1.82, 2.24) is 15.4 Å². The van der Waals surface area contributed by atoms with Crippen LogP contribution in [-0.2, 0) is 6.84 Å². The summed E-state index contributed by atoms with van der Waals surface area (Å²) >= 11 is 4.42. The molecule has 0 spiro atoms. The number of hydrogen-bond donors (Lipinski definition) is 1. The zero-order valence-electron chi connectivity index (χ0n) is 10.6. The Bertz CT molecular complexity index is 572. The molecule has 0 radical (unpaired) electrons. The Morgan fingerprint density at radius 2 is 1.95 bits per heavy atom. The van der Waals surface area contributed by atoms with Gasteiger partial charge in [0.25, 0.3) is 5.89 Å². The molecule has 0 aliphatic carbocycles.